The van der Waals surface area contributed by atoms with Crippen molar-refractivity contribution in [1.29, 1.82) is 0 Å². The van der Waals surface area contributed by atoms with E-state index in [0.717, 1.165) is 21.9 Å². The minimum Gasteiger partial charge on any atom is -0.448 e. The molecule has 4 nitrogen and oxygen atoms in total. The highest BCUT2D eigenvalue weighted by Gasteiger charge is 2.35. The number of hydrogen-bond donors (Lipinski definition) is 0. The first-order valence-corrected chi connectivity index (χ1v) is 9.02. The van der Waals surface area contributed by atoms with Gasteiger partial charge >= 0.3 is 5.97 Å². The SMILES string of the molecule is O=C1OC(C(=O)N2CCSc3ccc(Cl)cc32)Cc2ccccc21. The molecule has 1 amide bonds. The maximum absolute atomic E-state index is 13.0. The van der Waals surface area contributed by atoms with Crippen LogP contribution in [0.5, 0.6) is 0 Å². The lowest BCUT2D eigenvalue weighted by Crippen LogP contribution is -2.46. The summed E-state index contributed by atoms with van der Waals surface area (Å²) in [6.07, 6.45) is -0.386. The third kappa shape index (κ3) is 2.68. The Balaban J connectivity index is 1.64. The Morgan fingerprint density at radius 3 is 2.96 bits per heavy atom. The Morgan fingerprint density at radius 1 is 1.25 bits per heavy atom. The summed E-state index contributed by atoms with van der Waals surface area (Å²) in [4.78, 5) is 27.8. The fraction of sp³-hybridized carbons (Fsp3) is 0.222. The smallest absolute Gasteiger partial charge is 0.339 e. The lowest BCUT2D eigenvalue weighted by atomic mass is 9.98. The average molecular weight is 360 g/mol. The zero-order valence-corrected chi connectivity index (χ0v) is 14.3. The highest BCUT2D eigenvalue weighted by atomic mass is 35.5. The van der Waals surface area contributed by atoms with Crippen LogP contribution in [-0.4, -0.2) is 30.3 Å². The number of ether oxygens (including phenoxy) is 1. The molecule has 0 radical (unpaired) electrons. The van der Waals surface area contributed by atoms with Crippen molar-refractivity contribution in [3.8, 4) is 0 Å². The maximum atomic E-state index is 13.0. The second kappa shape index (κ2) is 6.15. The second-order valence-corrected chi connectivity index (χ2v) is 7.28. The van der Waals surface area contributed by atoms with E-state index < -0.39 is 12.1 Å². The molecule has 0 fully saturated rings. The first-order chi connectivity index (χ1) is 11.6. The lowest BCUT2D eigenvalue weighted by Gasteiger charge is -2.33. The van der Waals surface area contributed by atoms with Gasteiger partial charge in [0.1, 0.15) is 0 Å². The zero-order valence-electron chi connectivity index (χ0n) is 12.7. The summed E-state index contributed by atoms with van der Waals surface area (Å²) >= 11 is 7.78. The van der Waals surface area contributed by atoms with Gasteiger partial charge < -0.3 is 9.64 Å². The quantitative estimate of drug-likeness (QED) is 0.730. The van der Waals surface area contributed by atoms with Gasteiger partial charge in [0.2, 0.25) is 0 Å². The van der Waals surface area contributed by atoms with Crippen LogP contribution in [0.25, 0.3) is 0 Å². The van der Waals surface area contributed by atoms with Crippen molar-refractivity contribution < 1.29 is 14.3 Å². The first kappa shape index (κ1) is 15.5. The van der Waals surface area contributed by atoms with Gasteiger partial charge in [-0.1, -0.05) is 29.8 Å². The molecule has 122 valence electrons. The Kier molecular flexibility index (Phi) is 3.98. The number of fused-ring (bicyclic) bond motifs is 2. The van der Waals surface area contributed by atoms with Gasteiger partial charge in [-0.25, -0.2) is 4.79 Å². The largest absolute Gasteiger partial charge is 0.448 e. The van der Waals surface area contributed by atoms with Crippen LogP contribution in [0.4, 0.5) is 5.69 Å². The predicted molar refractivity (Wildman–Crippen MR) is 93.9 cm³/mol. The number of hydrogen-bond acceptors (Lipinski definition) is 4. The summed E-state index contributed by atoms with van der Waals surface area (Å²) in [6, 6.07) is 12.8. The second-order valence-electron chi connectivity index (χ2n) is 5.71. The van der Waals surface area contributed by atoms with E-state index >= 15 is 0 Å². The van der Waals surface area contributed by atoms with Gasteiger partial charge in [0.15, 0.2) is 6.10 Å². The number of thioether (sulfide) groups is 1. The van der Waals surface area contributed by atoms with Crippen molar-refractivity contribution in [2.24, 2.45) is 0 Å². The molecule has 24 heavy (non-hydrogen) atoms. The van der Waals surface area contributed by atoms with E-state index in [1.165, 1.54) is 0 Å². The number of carbonyl (C=O) groups is 2. The standard InChI is InChI=1S/C18H14ClNO3S/c19-12-5-6-16-14(10-12)20(7-8-24-16)17(21)15-9-11-3-1-2-4-13(11)18(22)23-15/h1-6,10,15H,7-9H2. The molecule has 1 atom stereocenters. The molecule has 6 heteroatoms. The summed E-state index contributed by atoms with van der Waals surface area (Å²) in [5.41, 5.74) is 2.18. The number of carbonyl (C=O) groups excluding carboxylic acids is 2. The topological polar surface area (TPSA) is 46.6 Å². The number of halogens is 1. The Labute approximate surface area is 148 Å². The molecule has 2 aromatic carbocycles. The molecule has 0 saturated heterocycles. The van der Waals surface area contributed by atoms with Gasteiger partial charge in [-0.2, -0.15) is 0 Å². The highest BCUT2D eigenvalue weighted by molar-refractivity contribution is 7.99. The van der Waals surface area contributed by atoms with E-state index in [4.69, 9.17) is 16.3 Å². The van der Waals surface area contributed by atoms with Crippen molar-refractivity contribution in [2.75, 3.05) is 17.2 Å². The summed E-state index contributed by atoms with van der Waals surface area (Å²) < 4.78 is 5.40. The summed E-state index contributed by atoms with van der Waals surface area (Å²) in [5, 5.41) is 0.583. The fourth-order valence-corrected chi connectivity index (χ4v) is 4.20. The van der Waals surface area contributed by atoms with Crippen LogP contribution in [0.15, 0.2) is 47.4 Å². The summed E-state index contributed by atoms with van der Waals surface area (Å²) in [7, 11) is 0. The van der Waals surface area contributed by atoms with Gasteiger partial charge in [-0.05, 0) is 29.8 Å². The number of benzene rings is 2. The average Bonchev–Trinajstić information content (AvgIpc) is 2.60. The minimum atomic E-state index is -0.790. The Hall–Kier alpha value is -1.98. The van der Waals surface area contributed by atoms with Crippen LogP contribution in [0, 0.1) is 0 Å². The number of cyclic esters (lactones) is 1. The van der Waals surface area contributed by atoms with Crippen molar-refractivity contribution in [3.63, 3.8) is 0 Å². The maximum Gasteiger partial charge on any atom is 0.339 e. The van der Waals surface area contributed by atoms with E-state index in [1.807, 2.05) is 24.3 Å². The first-order valence-electron chi connectivity index (χ1n) is 7.66. The predicted octanol–water partition coefficient (Wildman–Crippen LogP) is 3.56. The van der Waals surface area contributed by atoms with Gasteiger partial charge in [-0.15, -0.1) is 11.8 Å². The molecule has 0 aliphatic carbocycles. The molecule has 2 aromatic rings. The number of rotatable bonds is 1. The molecule has 2 heterocycles. The van der Waals surface area contributed by atoms with Crippen molar-refractivity contribution in [1.82, 2.24) is 0 Å². The number of anilines is 1. The molecule has 0 aromatic heterocycles. The van der Waals surface area contributed by atoms with Crippen molar-refractivity contribution in [3.05, 3.63) is 58.6 Å². The van der Waals surface area contributed by atoms with Crippen molar-refractivity contribution in [2.45, 2.75) is 17.4 Å². The minimum absolute atomic E-state index is 0.193. The number of nitrogens with zero attached hydrogens (tertiary/aromatic N) is 1. The van der Waals surface area contributed by atoms with E-state index in [2.05, 4.69) is 0 Å². The van der Waals surface area contributed by atoms with Crippen LogP contribution < -0.4 is 4.90 Å². The number of esters is 1. The lowest BCUT2D eigenvalue weighted by molar-refractivity contribution is -0.127. The van der Waals surface area contributed by atoms with Crippen LogP contribution in [0.1, 0.15) is 15.9 Å². The van der Waals surface area contributed by atoms with Gasteiger partial charge in [0.25, 0.3) is 5.91 Å². The molecule has 0 bridgehead atoms. The van der Waals surface area contributed by atoms with Gasteiger partial charge in [0, 0.05) is 28.6 Å². The van der Waals surface area contributed by atoms with Gasteiger partial charge in [0.05, 0.1) is 11.3 Å². The highest BCUT2D eigenvalue weighted by Crippen LogP contribution is 2.37. The summed E-state index contributed by atoms with van der Waals surface area (Å²) in [5.74, 6) is 0.173. The molecular formula is C18H14ClNO3S. The number of amides is 1. The van der Waals surface area contributed by atoms with E-state index in [9.17, 15) is 9.59 Å². The fourth-order valence-electron chi connectivity index (χ4n) is 3.06. The third-order valence-corrected chi connectivity index (χ3v) is 5.50. The van der Waals surface area contributed by atoms with E-state index in [1.54, 1.807) is 34.9 Å². The van der Waals surface area contributed by atoms with Crippen LogP contribution in [-0.2, 0) is 16.0 Å². The van der Waals surface area contributed by atoms with E-state index in [0.29, 0.717) is 23.6 Å². The van der Waals surface area contributed by atoms with E-state index in [-0.39, 0.29) is 5.91 Å². The molecule has 0 N–H and O–H groups in total. The Morgan fingerprint density at radius 2 is 2.08 bits per heavy atom. The molecule has 0 spiro atoms. The molecule has 1 unspecified atom stereocenters. The summed E-state index contributed by atoms with van der Waals surface area (Å²) in [6.45, 7) is 0.576. The third-order valence-electron chi connectivity index (χ3n) is 4.22. The molecule has 2 aliphatic rings. The zero-order chi connectivity index (χ0) is 16.7. The molecule has 2 aliphatic heterocycles. The molecule has 0 saturated carbocycles. The Bertz CT molecular complexity index is 839. The molecular weight excluding hydrogens is 346 g/mol. The van der Waals surface area contributed by atoms with Crippen LogP contribution in [0.2, 0.25) is 5.02 Å². The van der Waals surface area contributed by atoms with Gasteiger partial charge in [-0.3, -0.25) is 4.79 Å². The molecule has 4 rings (SSSR count). The van der Waals surface area contributed by atoms with Crippen LogP contribution in [0.3, 0.4) is 0 Å². The van der Waals surface area contributed by atoms with Crippen LogP contribution >= 0.6 is 23.4 Å². The monoisotopic (exact) mass is 359 g/mol. The van der Waals surface area contributed by atoms with Crippen molar-refractivity contribution >= 4 is 40.9 Å². The normalized spacial score (nSPS) is 19.3.